The molecule has 2 aliphatic carbocycles. The Kier molecular flexibility index (Phi) is 6.40. The fourth-order valence-corrected chi connectivity index (χ4v) is 8.74. The van der Waals surface area contributed by atoms with Crippen molar-refractivity contribution in [2.24, 2.45) is 0 Å². The van der Waals surface area contributed by atoms with E-state index < -0.39 is 5.41 Å². The van der Waals surface area contributed by atoms with Crippen LogP contribution in [-0.4, -0.2) is 24.9 Å². The molecule has 0 aliphatic heterocycles. The van der Waals surface area contributed by atoms with Crippen molar-refractivity contribution >= 4 is 10.9 Å². The molecule has 0 saturated carbocycles. The van der Waals surface area contributed by atoms with E-state index in [0.29, 0.717) is 5.82 Å². The first-order valence-electron chi connectivity index (χ1n) is 17.8. The summed E-state index contributed by atoms with van der Waals surface area (Å²) in [5.41, 5.74) is 16.8. The first-order valence-corrected chi connectivity index (χ1v) is 17.8. The lowest BCUT2D eigenvalue weighted by Gasteiger charge is -2.30. The summed E-state index contributed by atoms with van der Waals surface area (Å²) in [5, 5.41) is 0.972. The summed E-state index contributed by atoms with van der Waals surface area (Å²) in [6, 6.07) is 53.8. The summed E-state index contributed by atoms with van der Waals surface area (Å²) in [5.74, 6) is 0.685. The Morgan fingerprint density at radius 3 is 1.58 bits per heavy atom. The topological polar surface area (TPSA) is 64.5 Å². The van der Waals surface area contributed by atoms with Gasteiger partial charge >= 0.3 is 0 Å². The molecule has 5 aromatic carbocycles. The van der Waals surface area contributed by atoms with Gasteiger partial charge in [-0.25, -0.2) is 15.0 Å². The molecule has 246 valence electrons. The molecule has 9 aromatic rings. The van der Waals surface area contributed by atoms with Crippen LogP contribution < -0.4 is 0 Å². The van der Waals surface area contributed by atoms with Crippen LogP contribution in [0.1, 0.15) is 22.3 Å². The molecular weight excluding hydrogens is 647 g/mol. The van der Waals surface area contributed by atoms with Crippen molar-refractivity contribution in [2.75, 3.05) is 0 Å². The number of rotatable bonds is 4. The number of hydrogen-bond acceptors (Lipinski definition) is 5. The second kappa shape index (κ2) is 11.5. The third kappa shape index (κ3) is 4.28. The average molecular weight is 676 g/mol. The Morgan fingerprint density at radius 2 is 0.943 bits per heavy atom. The first kappa shape index (κ1) is 29.6. The lowest BCUT2D eigenvalue weighted by molar-refractivity contribution is 0.794. The number of pyridine rings is 3. The summed E-state index contributed by atoms with van der Waals surface area (Å²) in [4.78, 5) is 24.7. The Hall–Kier alpha value is -7.11. The molecule has 4 heterocycles. The van der Waals surface area contributed by atoms with Gasteiger partial charge in [-0.3, -0.25) is 9.97 Å². The van der Waals surface area contributed by atoms with Crippen molar-refractivity contribution in [1.29, 1.82) is 0 Å². The second-order valence-corrected chi connectivity index (χ2v) is 13.6. The smallest absolute Gasteiger partial charge is 0.161 e. The molecule has 0 amide bonds. The Labute approximate surface area is 306 Å². The average Bonchev–Trinajstić information content (AvgIpc) is 3.71. The summed E-state index contributed by atoms with van der Waals surface area (Å²) in [6.45, 7) is 0. The number of aromatic nitrogens is 5. The molecule has 5 heteroatoms. The van der Waals surface area contributed by atoms with E-state index in [1.807, 2.05) is 42.7 Å². The van der Waals surface area contributed by atoms with Crippen LogP contribution in [0.3, 0.4) is 0 Å². The molecule has 0 radical (unpaired) electrons. The van der Waals surface area contributed by atoms with Crippen LogP contribution in [-0.2, 0) is 5.41 Å². The van der Waals surface area contributed by atoms with E-state index in [1.54, 1.807) is 12.4 Å². The molecule has 53 heavy (non-hydrogen) atoms. The predicted octanol–water partition coefficient (Wildman–Crippen LogP) is 10.8. The van der Waals surface area contributed by atoms with Gasteiger partial charge in [-0.15, -0.1) is 0 Å². The third-order valence-corrected chi connectivity index (χ3v) is 10.9. The molecule has 0 fully saturated rings. The Balaban J connectivity index is 1.19. The van der Waals surface area contributed by atoms with Gasteiger partial charge in [0.15, 0.2) is 5.82 Å². The lowest BCUT2D eigenvalue weighted by atomic mass is 9.70. The van der Waals surface area contributed by atoms with Crippen LogP contribution >= 0.6 is 0 Å². The molecule has 0 N–H and O–H groups in total. The zero-order valence-electron chi connectivity index (χ0n) is 28.5. The monoisotopic (exact) mass is 675 g/mol. The number of nitrogens with zero attached hydrogens (tertiary/aromatic N) is 5. The van der Waals surface area contributed by atoms with Crippen LogP contribution in [0, 0.1) is 0 Å². The van der Waals surface area contributed by atoms with E-state index in [0.717, 1.165) is 50.2 Å². The first-order chi connectivity index (χ1) is 26.3. The van der Waals surface area contributed by atoms with Gasteiger partial charge in [0.25, 0.3) is 0 Å². The van der Waals surface area contributed by atoms with Crippen molar-refractivity contribution in [3.63, 3.8) is 0 Å². The highest BCUT2D eigenvalue weighted by Crippen LogP contribution is 2.63. The minimum Gasteiger partial charge on any atom is -0.264 e. The van der Waals surface area contributed by atoms with Crippen molar-refractivity contribution in [3.8, 4) is 67.4 Å². The fourth-order valence-electron chi connectivity index (χ4n) is 8.74. The summed E-state index contributed by atoms with van der Waals surface area (Å²) >= 11 is 0. The summed E-state index contributed by atoms with van der Waals surface area (Å²) < 4.78 is 0. The zero-order chi connectivity index (χ0) is 34.9. The summed E-state index contributed by atoms with van der Waals surface area (Å²) in [7, 11) is 0. The number of hydrogen-bond donors (Lipinski definition) is 0. The molecule has 0 saturated heterocycles. The quantitative estimate of drug-likeness (QED) is 0.186. The van der Waals surface area contributed by atoms with Crippen molar-refractivity contribution < 1.29 is 0 Å². The molecule has 4 aromatic heterocycles. The van der Waals surface area contributed by atoms with Crippen molar-refractivity contribution in [1.82, 2.24) is 24.9 Å². The van der Waals surface area contributed by atoms with E-state index in [2.05, 4.69) is 131 Å². The summed E-state index contributed by atoms with van der Waals surface area (Å²) in [6.07, 6.45) is 7.26. The molecule has 0 atom stereocenters. The molecule has 1 spiro atoms. The molecule has 5 nitrogen and oxygen atoms in total. The van der Waals surface area contributed by atoms with E-state index in [1.165, 1.54) is 44.5 Å². The third-order valence-electron chi connectivity index (χ3n) is 10.9. The van der Waals surface area contributed by atoms with Gasteiger partial charge in [-0.05, 0) is 87.0 Å². The van der Waals surface area contributed by atoms with Crippen molar-refractivity contribution in [2.45, 2.75) is 5.41 Å². The van der Waals surface area contributed by atoms with Crippen LogP contribution in [0.2, 0.25) is 0 Å². The maximum absolute atomic E-state index is 5.49. The van der Waals surface area contributed by atoms with Crippen LogP contribution in [0.15, 0.2) is 176 Å². The molecule has 2 aliphatic rings. The zero-order valence-corrected chi connectivity index (χ0v) is 28.5. The van der Waals surface area contributed by atoms with Gasteiger partial charge in [-0.1, -0.05) is 109 Å². The second-order valence-electron chi connectivity index (χ2n) is 13.6. The van der Waals surface area contributed by atoms with E-state index in [-0.39, 0.29) is 0 Å². The van der Waals surface area contributed by atoms with Gasteiger partial charge in [0, 0.05) is 52.4 Å². The Morgan fingerprint density at radius 1 is 0.396 bits per heavy atom. The maximum atomic E-state index is 5.49. The molecule has 11 rings (SSSR count). The van der Waals surface area contributed by atoms with Gasteiger partial charge in [0.1, 0.15) is 0 Å². The lowest BCUT2D eigenvalue weighted by Crippen LogP contribution is -2.25. The highest BCUT2D eigenvalue weighted by molar-refractivity contribution is 6.01. The normalized spacial score (nSPS) is 13.1. The molecule has 0 unspecified atom stereocenters. The predicted molar refractivity (Wildman–Crippen MR) is 211 cm³/mol. The number of fused-ring (bicyclic) bond motifs is 11. The fraction of sp³-hybridized carbons (Fsp3) is 0.0208. The van der Waals surface area contributed by atoms with Gasteiger partial charge < -0.3 is 0 Å². The van der Waals surface area contributed by atoms with Crippen molar-refractivity contribution in [3.05, 3.63) is 199 Å². The molecular formula is C48H29N5. The highest BCUT2D eigenvalue weighted by atomic mass is 14.9. The standard InChI is InChI=1S/C48H29N5/c1-5-19-38-33(14-1)34-15-2-6-20-39(34)48(38)40-21-7-3-16-35(40)45-37(18-9-22-41(45)48)47-52-42-23-8-4-17-36(42)46(53-47)32-26-43(30-12-10-24-49-28-30)51-44(27-32)31-13-11-25-50-29-31/h1-29H. The molecule has 0 bridgehead atoms. The van der Waals surface area contributed by atoms with Crippen LogP contribution in [0.25, 0.3) is 78.3 Å². The van der Waals surface area contributed by atoms with Gasteiger partial charge in [-0.2, -0.15) is 0 Å². The van der Waals surface area contributed by atoms with E-state index in [9.17, 15) is 0 Å². The van der Waals surface area contributed by atoms with Crippen LogP contribution in [0.4, 0.5) is 0 Å². The minimum absolute atomic E-state index is 0.447. The van der Waals surface area contributed by atoms with Gasteiger partial charge in [0.05, 0.1) is 28.0 Å². The Bertz CT molecular complexity index is 2800. The number of para-hydroxylation sites is 1. The largest absolute Gasteiger partial charge is 0.264 e. The van der Waals surface area contributed by atoms with E-state index >= 15 is 0 Å². The van der Waals surface area contributed by atoms with Gasteiger partial charge in [0.2, 0.25) is 0 Å². The van der Waals surface area contributed by atoms with E-state index in [4.69, 9.17) is 15.0 Å². The maximum Gasteiger partial charge on any atom is 0.161 e. The van der Waals surface area contributed by atoms with Crippen LogP contribution in [0.5, 0.6) is 0 Å². The SMILES string of the molecule is c1cncc(-c2cc(-c3nc(-c4cccc5c4-c4ccccc4C54c5ccccc5-c5ccccc54)nc4ccccc34)cc(-c3cccnc3)n2)c1. The number of benzene rings is 5. The minimum atomic E-state index is -0.447. The highest BCUT2D eigenvalue weighted by Gasteiger charge is 2.52.